The first-order valence-electron chi connectivity index (χ1n) is 7.63. The molecule has 3 rings (SSSR count). The second-order valence-corrected chi connectivity index (χ2v) is 7.28. The van der Waals surface area contributed by atoms with Gasteiger partial charge in [-0.15, -0.1) is 0 Å². The summed E-state index contributed by atoms with van der Waals surface area (Å²) in [4.78, 5) is 12.0. The maximum absolute atomic E-state index is 6.10. The molecular weight excluding hydrogens is 363 g/mol. The molecule has 0 spiro atoms. The van der Waals surface area contributed by atoms with Gasteiger partial charge < -0.3 is 10.6 Å². The number of rotatable bonds is 3. The van der Waals surface area contributed by atoms with E-state index in [1.165, 1.54) is 25.7 Å². The minimum atomic E-state index is 0.499. The van der Waals surface area contributed by atoms with E-state index in [4.69, 9.17) is 10.7 Å². The van der Waals surface area contributed by atoms with Crippen molar-refractivity contribution in [3.63, 3.8) is 0 Å². The van der Waals surface area contributed by atoms with E-state index in [-0.39, 0.29) is 0 Å². The molecule has 2 aliphatic heterocycles. The zero-order chi connectivity index (χ0) is 14.3. The van der Waals surface area contributed by atoms with Crippen LogP contribution in [-0.4, -0.2) is 34.0 Å². The highest BCUT2D eigenvalue weighted by Crippen LogP contribution is 2.41. The van der Waals surface area contributed by atoms with Crippen LogP contribution in [-0.2, 0) is 6.42 Å². The molecule has 0 amide bonds. The Morgan fingerprint density at radius 1 is 1.25 bits per heavy atom. The van der Waals surface area contributed by atoms with Crippen molar-refractivity contribution >= 4 is 28.4 Å². The third-order valence-corrected chi connectivity index (χ3v) is 6.09. The molecule has 0 saturated carbocycles. The average Bonchev–Trinajstić information content (AvgIpc) is 2.66. The summed E-state index contributed by atoms with van der Waals surface area (Å²) in [5.74, 6) is 2.17. The lowest BCUT2D eigenvalue weighted by Crippen LogP contribution is -2.39. The van der Waals surface area contributed by atoms with Crippen LogP contribution >= 0.6 is 22.6 Å². The number of piperidine rings is 1. The van der Waals surface area contributed by atoms with E-state index >= 15 is 0 Å². The van der Waals surface area contributed by atoms with Gasteiger partial charge in [-0.1, -0.05) is 13.3 Å². The van der Waals surface area contributed by atoms with E-state index in [1.54, 1.807) is 0 Å². The molecule has 0 aliphatic carbocycles. The molecule has 20 heavy (non-hydrogen) atoms. The van der Waals surface area contributed by atoms with E-state index in [0.717, 1.165) is 40.0 Å². The number of anilines is 1. The monoisotopic (exact) mass is 386 g/mol. The number of aromatic nitrogens is 2. The Balaban J connectivity index is 1.87. The summed E-state index contributed by atoms with van der Waals surface area (Å²) >= 11 is 2.28. The van der Waals surface area contributed by atoms with Crippen molar-refractivity contribution in [1.82, 2.24) is 14.9 Å². The molecule has 2 N–H and O–H groups in total. The van der Waals surface area contributed by atoms with Crippen molar-refractivity contribution in [2.24, 2.45) is 0 Å². The third kappa shape index (κ3) is 2.54. The van der Waals surface area contributed by atoms with Crippen molar-refractivity contribution in [3.8, 4) is 0 Å². The topological polar surface area (TPSA) is 55.0 Å². The summed E-state index contributed by atoms with van der Waals surface area (Å²) in [7, 11) is 2.27. The Morgan fingerprint density at radius 2 is 1.90 bits per heavy atom. The lowest BCUT2D eigenvalue weighted by Gasteiger charge is -2.35. The molecule has 1 aromatic rings. The number of nitrogens with two attached hydrogens (primary N) is 1. The molecule has 2 saturated heterocycles. The van der Waals surface area contributed by atoms with Crippen LogP contribution in [0.15, 0.2) is 0 Å². The summed E-state index contributed by atoms with van der Waals surface area (Å²) in [6.07, 6.45) is 7.15. The Bertz CT molecular complexity index is 491. The molecule has 2 atom stereocenters. The molecule has 4 nitrogen and oxygen atoms in total. The minimum absolute atomic E-state index is 0.499. The third-order valence-electron chi connectivity index (χ3n) is 4.91. The van der Waals surface area contributed by atoms with Gasteiger partial charge in [0.1, 0.15) is 11.6 Å². The van der Waals surface area contributed by atoms with Crippen molar-refractivity contribution in [1.29, 1.82) is 0 Å². The summed E-state index contributed by atoms with van der Waals surface area (Å²) in [6.45, 7) is 2.18. The summed E-state index contributed by atoms with van der Waals surface area (Å²) in [5, 5.41) is 0. The van der Waals surface area contributed by atoms with Gasteiger partial charge in [0.05, 0.1) is 9.26 Å². The van der Waals surface area contributed by atoms with Gasteiger partial charge in [0, 0.05) is 18.0 Å². The Labute approximate surface area is 134 Å². The highest BCUT2D eigenvalue weighted by atomic mass is 127. The van der Waals surface area contributed by atoms with E-state index in [0.29, 0.717) is 11.7 Å². The first-order chi connectivity index (χ1) is 9.60. The number of nitrogens with zero attached hydrogens (tertiary/aromatic N) is 3. The smallest absolute Gasteiger partial charge is 0.140 e. The van der Waals surface area contributed by atoms with Gasteiger partial charge in [0.15, 0.2) is 0 Å². The molecule has 5 heteroatoms. The van der Waals surface area contributed by atoms with Gasteiger partial charge >= 0.3 is 0 Å². The Kier molecular flexibility index (Phi) is 4.17. The summed E-state index contributed by atoms with van der Waals surface area (Å²) in [6, 6.07) is 1.44. The van der Waals surface area contributed by atoms with Crippen molar-refractivity contribution in [2.75, 3.05) is 12.8 Å². The van der Waals surface area contributed by atoms with Gasteiger partial charge in [-0.25, -0.2) is 9.97 Å². The molecular formula is C15H23IN4. The van der Waals surface area contributed by atoms with Crippen LogP contribution in [0.4, 0.5) is 5.82 Å². The first-order valence-corrected chi connectivity index (χ1v) is 8.71. The van der Waals surface area contributed by atoms with Crippen LogP contribution in [0.1, 0.15) is 56.5 Å². The molecule has 110 valence electrons. The van der Waals surface area contributed by atoms with Crippen molar-refractivity contribution < 1.29 is 0 Å². The maximum Gasteiger partial charge on any atom is 0.140 e. The number of hydrogen-bond acceptors (Lipinski definition) is 4. The number of nitrogen functional groups attached to an aromatic ring is 1. The zero-order valence-electron chi connectivity index (χ0n) is 12.3. The molecule has 0 aromatic carbocycles. The van der Waals surface area contributed by atoms with Crippen LogP contribution in [0.3, 0.4) is 0 Å². The van der Waals surface area contributed by atoms with Crippen LogP contribution < -0.4 is 5.73 Å². The molecule has 2 fully saturated rings. The fraction of sp³-hybridized carbons (Fsp3) is 0.733. The second-order valence-electron chi connectivity index (χ2n) is 6.20. The molecule has 0 radical (unpaired) electrons. The van der Waals surface area contributed by atoms with Gasteiger partial charge in [0.25, 0.3) is 0 Å². The predicted octanol–water partition coefficient (Wildman–Crippen LogP) is 2.96. The van der Waals surface area contributed by atoms with E-state index in [2.05, 4.69) is 46.4 Å². The molecule has 2 bridgehead atoms. The fourth-order valence-electron chi connectivity index (χ4n) is 3.74. The van der Waals surface area contributed by atoms with E-state index in [1.807, 2.05) is 0 Å². The van der Waals surface area contributed by atoms with Gasteiger partial charge in [-0.2, -0.15) is 0 Å². The normalized spacial score (nSPS) is 29.9. The van der Waals surface area contributed by atoms with Crippen molar-refractivity contribution in [3.05, 3.63) is 15.1 Å². The van der Waals surface area contributed by atoms with Crippen LogP contribution in [0.25, 0.3) is 0 Å². The highest BCUT2D eigenvalue weighted by Gasteiger charge is 2.40. The summed E-state index contributed by atoms with van der Waals surface area (Å²) < 4.78 is 1.05. The SMILES string of the molecule is CCCc1nc(C2CC3CCC(C2)N3C)nc(N)c1I. The molecule has 1 aromatic heterocycles. The van der Waals surface area contributed by atoms with E-state index in [9.17, 15) is 0 Å². The standard InChI is InChI=1S/C15H23IN4/c1-3-4-12-13(16)14(17)19-15(18-12)9-7-10-5-6-11(8-9)20(10)2/h9-11H,3-8H2,1-2H3,(H2,17,18,19). The lowest BCUT2D eigenvalue weighted by atomic mass is 9.90. The Morgan fingerprint density at radius 3 is 2.50 bits per heavy atom. The maximum atomic E-state index is 6.10. The molecule has 2 unspecified atom stereocenters. The lowest BCUT2D eigenvalue weighted by molar-refractivity contribution is 0.159. The predicted molar refractivity (Wildman–Crippen MR) is 89.7 cm³/mol. The van der Waals surface area contributed by atoms with Crippen molar-refractivity contribution in [2.45, 2.75) is 63.5 Å². The number of aryl methyl sites for hydroxylation is 1. The van der Waals surface area contributed by atoms with Crippen LogP contribution in [0.5, 0.6) is 0 Å². The number of halogens is 1. The average molecular weight is 386 g/mol. The summed E-state index contributed by atoms with van der Waals surface area (Å²) in [5.41, 5.74) is 7.24. The van der Waals surface area contributed by atoms with Crippen LogP contribution in [0, 0.1) is 3.57 Å². The van der Waals surface area contributed by atoms with Gasteiger partial charge in [0.2, 0.25) is 0 Å². The number of hydrogen-bond donors (Lipinski definition) is 1. The Hall–Kier alpha value is -0.430. The first kappa shape index (κ1) is 14.5. The zero-order valence-corrected chi connectivity index (χ0v) is 14.4. The van der Waals surface area contributed by atoms with Gasteiger partial charge in [-0.3, -0.25) is 0 Å². The molecule has 2 aliphatic rings. The molecule has 3 heterocycles. The van der Waals surface area contributed by atoms with Gasteiger partial charge in [-0.05, 0) is 61.7 Å². The quantitative estimate of drug-likeness (QED) is 0.812. The van der Waals surface area contributed by atoms with E-state index < -0.39 is 0 Å². The highest BCUT2D eigenvalue weighted by molar-refractivity contribution is 14.1. The largest absolute Gasteiger partial charge is 0.383 e. The second kappa shape index (κ2) is 5.75. The van der Waals surface area contributed by atoms with Crippen LogP contribution in [0.2, 0.25) is 0 Å². The number of fused-ring (bicyclic) bond motifs is 2. The fourth-order valence-corrected chi connectivity index (χ4v) is 4.25. The minimum Gasteiger partial charge on any atom is -0.383 e.